The number of nitrogens with one attached hydrogen (secondary N) is 1. The number of primary amides is 1. The third-order valence-corrected chi connectivity index (χ3v) is 9.18. The Morgan fingerprint density at radius 3 is 2.48 bits per heavy atom. The van der Waals surface area contributed by atoms with Crippen LogP contribution in [0.2, 0.25) is 0 Å². The fraction of sp³-hybridized carbons (Fsp3) is 0.857. The maximum Gasteiger partial charge on any atom is 0.332 e. The molecule has 6 heteroatoms. The monoisotopic (exact) mass is 375 g/mol. The van der Waals surface area contributed by atoms with E-state index >= 15 is 0 Å². The summed E-state index contributed by atoms with van der Waals surface area (Å²) in [5.74, 6) is 0.174. The lowest BCUT2D eigenvalue weighted by atomic mass is 9.40. The Morgan fingerprint density at radius 1 is 1.11 bits per heavy atom. The van der Waals surface area contributed by atoms with E-state index in [0.29, 0.717) is 5.92 Å². The topological polar surface area (TPSA) is 105 Å². The van der Waals surface area contributed by atoms with Gasteiger partial charge in [0.15, 0.2) is 0 Å². The van der Waals surface area contributed by atoms with Crippen LogP contribution in [0.1, 0.15) is 78.6 Å². The van der Waals surface area contributed by atoms with E-state index in [9.17, 15) is 14.7 Å². The maximum absolute atomic E-state index is 12.2. The van der Waals surface area contributed by atoms with E-state index < -0.39 is 17.4 Å². The molecule has 4 N–H and O–H groups in total. The van der Waals surface area contributed by atoms with Gasteiger partial charge in [0.1, 0.15) is 0 Å². The number of aliphatic carboxylic acids is 1. The average Bonchev–Trinajstić information content (AvgIpc) is 2.77. The maximum atomic E-state index is 12.2. The predicted octanol–water partition coefficient (Wildman–Crippen LogP) is 3.90. The summed E-state index contributed by atoms with van der Waals surface area (Å²) in [5, 5.41) is 14.4. The van der Waals surface area contributed by atoms with Crippen molar-refractivity contribution >= 4 is 17.7 Å². The molecule has 2 amide bonds. The van der Waals surface area contributed by atoms with Gasteiger partial charge in [-0.2, -0.15) is 5.10 Å². The molecule has 0 heterocycles. The molecule has 2 bridgehead atoms. The first-order chi connectivity index (χ1) is 12.6. The van der Waals surface area contributed by atoms with E-state index in [2.05, 4.69) is 24.4 Å². The number of amides is 2. The minimum absolute atomic E-state index is 0.0346. The Labute approximate surface area is 161 Å². The van der Waals surface area contributed by atoms with Crippen LogP contribution < -0.4 is 11.2 Å². The molecule has 0 aromatic heterocycles. The van der Waals surface area contributed by atoms with Gasteiger partial charge in [0.05, 0.1) is 5.41 Å². The molecule has 0 aromatic carbocycles. The second kappa shape index (κ2) is 5.71. The number of carboxylic acid groups (broad SMARTS) is 1. The zero-order chi connectivity index (χ0) is 19.7. The van der Waals surface area contributed by atoms with Crippen molar-refractivity contribution in [3.05, 3.63) is 0 Å². The number of fused-ring (bicyclic) bond motifs is 3. The van der Waals surface area contributed by atoms with E-state index in [0.717, 1.165) is 63.5 Å². The summed E-state index contributed by atoms with van der Waals surface area (Å²) in [4.78, 5) is 23.3. The van der Waals surface area contributed by atoms with Crippen LogP contribution in [0.4, 0.5) is 4.79 Å². The first kappa shape index (κ1) is 18.8. The first-order valence-electron chi connectivity index (χ1n) is 10.4. The quantitative estimate of drug-likeness (QED) is 0.637. The van der Waals surface area contributed by atoms with Gasteiger partial charge in [0, 0.05) is 11.1 Å². The molecule has 27 heavy (non-hydrogen) atoms. The highest BCUT2D eigenvalue weighted by Crippen LogP contribution is 2.73. The van der Waals surface area contributed by atoms with Gasteiger partial charge in [-0.25, -0.2) is 10.2 Å². The van der Waals surface area contributed by atoms with E-state index in [1.807, 2.05) is 6.92 Å². The van der Waals surface area contributed by atoms with Crippen LogP contribution >= 0.6 is 0 Å². The van der Waals surface area contributed by atoms with Crippen molar-refractivity contribution in [1.29, 1.82) is 0 Å². The fourth-order valence-electron chi connectivity index (χ4n) is 8.08. The molecule has 4 aliphatic rings. The average molecular weight is 376 g/mol. The second-order valence-corrected chi connectivity index (χ2v) is 10.6. The van der Waals surface area contributed by atoms with Crippen LogP contribution in [-0.2, 0) is 4.79 Å². The van der Waals surface area contributed by atoms with Crippen molar-refractivity contribution < 1.29 is 14.7 Å². The summed E-state index contributed by atoms with van der Waals surface area (Å²) in [6, 6.07) is -0.609. The van der Waals surface area contributed by atoms with Crippen LogP contribution in [0, 0.1) is 33.5 Å². The molecule has 0 saturated heterocycles. The Balaban J connectivity index is 1.70. The third kappa shape index (κ3) is 2.47. The fourth-order valence-corrected chi connectivity index (χ4v) is 8.08. The molecule has 4 aliphatic carbocycles. The first-order valence-corrected chi connectivity index (χ1v) is 10.4. The lowest BCUT2D eigenvalue weighted by molar-refractivity contribution is -0.182. The lowest BCUT2D eigenvalue weighted by Crippen LogP contribution is -2.58. The highest BCUT2D eigenvalue weighted by Gasteiger charge is 2.67. The van der Waals surface area contributed by atoms with Gasteiger partial charge >= 0.3 is 12.0 Å². The van der Waals surface area contributed by atoms with Gasteiger partial charge in [-0.05, 0) is 81.0 Å². The van der Waals surface area contributed by atoms with Crippen LogP contribution in [0.5, 0.6) is 0 Å². The van der Waals surface area contributed by atoms with Crippen LogP contribution in [0.3, 0.4) is 0 Å². The van der Waals surface area contributed by atoms with Gasteiger partial charge in [-0.1, -0.05) is 20.3 Å². The van der Waals surface area contributed by atoms with Crippen molar-refractivity contribution in [3.8, 4) is 0 Å². The number of rotatable bonds is 2. The minimum atomic E-state index is -0.616. The number of carboxylic acids is 1. The number of nitrogens with zero attached hydrogens (tertiary/aromatic N) is 1. The Kier molecular flexibility index (Phi) is 3.97. The molecular formula is C21H33N3O3. The van der Waals surface area contributed by atoms with Gasteiger partial charge in [0.25, 0.3) is 0 Å². The van der Waals surface area contributed by atoms with Gasteiger partial charge in [-0.3, -0.25) is 4.79 Å². The van der Waals surface area contributed by atoms with E-state index in [4.69, 9.17) is 5.73 Å². The largest absolute Gasteiger partial charge is 0.481 e. The normalized spacial score (nSPS) is 50.0. The van der Waals surface area contributed by atoms with Crippen LogP contribution in [0.15, 0.2) is 5.10 Å². The molecule has 0 aromatic rings. The molecule has 6 atom stereocenters. The third-order valence-electron chi connectivity index (χ3n) is 9.18. The SMILES string of the molecule is C[C@@]12CC[C@@H]3[C@@](CC[C@H]4[C@@]3(C)CCC[C@@]4(C)C(=O)O)(C/C1=N/NC(N)=O)C2. The number of urea groups is 1. The van der Waals surface area contributed by atoms with Gasteiger partial charge in [-0.15, -0.1) is 0 Å². The van der Waals surface area contributed by atoms with Crippen molar-refractivity contribution in [1.82, 2.24) is 5.43 Å². The number of nitrogens with two attached hydrogens (primary N) is 1. The van der Waals surface area contributed by atoms with Crippen molar-refractivity contribution in [2.45, 2.75) is 78.6 Å². The van der Waals surface area contributed by atoms with Crippen LogP contribution in [-0.4, -0.2) is 22.8 Å². The molecule has 1 spiro atoms. The molecule has 4 rings (SSSR count). The summed E-state index contributed by atoms with van der Waals surface area (Å²) >= 11 is 0. The molecule has 0 aliphatic heterocycles. The zero-order valence-electron chi connectivity index (χ0n) is 16.8. The predicted molar refractivity (Wildman–Crippen MR) is 103 cm³/mol. The molecule has 150 valence electrons. The Bertz CT molecular complexity index is 721. The molecule has 6 nitrogen and oxygen atoms in total. The highest BCUT2D eigenvalue weighted by molar-refractivity contribution is 5.94. The van der Waals surface area contributed by atoms with Crippen molar-refractivity contribution in [3.63, 3.8) is 0 Å². The number of hydrogen-bond donors (Lipinski definition) is 3. The van der Waals surface area contributed by atoms with E-state index in [1.54, 1.807) is 0 Å². The molecule has 4 fully saturated rings. The summed E-state index contributed by atoms with van der Waals surface area (Å²) < 4.78 is 0. The molecule has 0 radical (unpaired) electrons. The summed E-state index contributed by atoms with van der Waals surface area (Å²) in [6.07, 6.45) is 9.22. The number of carbonyl (C=O) groups is 2. The Hall–Kier alpha value is -1.59. The van der Waals surface area contributed by atoms with Crippen molar-refractivity contribution in [2.24, 2.45) is 44.3 Å². The summed E-state index contributed by atoms with van der Waals surface area (Å²) in [5.41, 5.74) is 8.50. The van der Waals surface area contributed by atoms with Gasteiger partial charge in [0.2, 0.25) is 0 Å². The Morgan fingerprint density at radius 2 is 1.81 bits per heavy atom. The van der Waals surface area contributed by atoms with E-state index in [-0.39, 0.29) is 22.2 Å². The number of hydrogen-bond acceptors (Lipinski definition) is 3. The van der Waals surface area contributed by atoms with Crippen LogP contribution in [0.25, 0.3) is 0 Å². The zero-order valence-corrected chi connectivity index (χ0v) is 16.8. The smallest absolute Gasteiger partial charge is 0.332 e. The highest BCUT2D eigenvalue weighted by atomic mass is 16.4. The number of hydrazone groups is 1. The lowest BCUT2D eigenvalue weighted by Gasteiger charge is -2.63. The summed E-state index contributed by atoms with van der Waals surface area (Å²) in [7, 11) is 0. The molecule has 4 saturated carbocycles. The standard InChI is InChI=1S/C21H33N3O3/c1-18-9-5-14-19(2)7-4-8-20(3,16(25)26)13(19)6-10-21(14,12-18)11-15(18)23-24-17(22)27/h13-14H,4-12H2,1-3H3,(H,25,26)(H3,22,24,27)/b23-15-/t13-,14-,18-,19+,20+,21-/m0/s1. The second-order valence-electron chi connectivity index (χ2n) is 10.6. The molecule has 0 unspecified atom stereocenters. The molecular weight excluding hydrogens is 342 g/mol. The minimum Gasteiger partial charge on any atom is -0.481 e. The van der Waals surface area contributed by atoms with E-state index in [1.165, 1.54) is 0 Å². The number of carbonyl (C=O) groups excluding carboxylic acids is 1. The van der Waals surface area contributed by atoms with Gasteiger partial charge < -0.3 is 10.8 Å². The summed E-state index contributed by atoms with van der Waals surface area (Å²) in [6.45, 7) is 6.64. The van der Waals surface area contributed by atoms with Crippen molar-refractivity contribution in [2.75, 3.05) is 0 Å².